The van der Waals surface area contributed by atoms with E-state index in [-0.39, 0.29) is 28.0 Å². The second kappa shape index (κ2) is 10.8. The standard InChI is InChI=1S/C23H21ClN6O6S/c1-3-23(34,21(33)30-11-26-15-17(25)28-22(24)29-18(15)30)14(35-2)9-36-16(20(31)32)13-10-37-19(27-13)12-7-5-4-6-8-12/h1,4-8,10-11,14,16,21,33-34H,9H2,2H3,(H,31,32)(H2,25,28,29)/t14-,16+,21-,23-/m1/s1. The van der Waals surface area contributed by atoms with Gasteiger partial charge in [-0.25, -0.2) is 14.8 Å². The van der Waals surface area contributed by atoms with Crippen LogP contribution in [0.25, 0.3) is 21.7 Å². The van der Waals surface area contributed by atoms with Crippen LogP contribution in [0.3, 0.4) is 0 Å². The van der Waals surface area contributed by atoms with Crippen LogP contribution in [-0.2, 0) is 14.3 Å². The van der Waals surface area contributed by atoms with Gasteiger partial charge in [-0.15, -0.1) is 17.8 Å². The van der Waals surface area contributed by atoms with Crippen molar-refractivity contribution in [3.8, 4) is 22.9 Å². The number of aliphatic carboxylic acids is 1. The van der Waals surface area contributed by atoms with Crippen LogP contribution in [0.15, 0.2) is 42.0 Å². The maximum absolute atomic E-state index is 12.0. The number of thiazole rings is 1. The van der Waals surface area contributed by atoms with Crippen molar-refractivity contribution in [3.63, 3.8) is 0 Å². The molecule has 12 nitrogen and oxygen atoms in total. The number of imidazole rings is 1. The number of aromatic nitrogens is 5. The van der Waals surface area contributed by atoms with Crippen LogP contribution in [0.4, 0.5) is 5.82 Å². The van der Waals surface area contributed by atoms with Crippen LogP contribution in [0.5, 0.6) is 0 Å². The van der Waals surface area contributed by atoms with Crippen molar-refractivity contribution in [1.29, 1.82) is 0 Å². The summed E-state index contributed by atoms with van der Waals surface area (Å²) in [5.41, 5.74) is 4.48. The first-order valence-corrected chi connectivity index (χ1v) is 11.9. The number of carboxylic acid groups (broad SMARTS) is 1. The predicted octanol–water partition coefficient (Wildman–Crippen LogP) is 1.90. The molecule has 0 unspecified atom stereocenters. The molecule has 0 saturated heterocycles. The van der Waals surface area contributed by atoms with Crippen molar-refractivity contribution in [1.82, 2.24) is 24.5 Å². The summed E-state index contributed by atoms with van der Waals surface area (Å²) in [5.74, 6) is 0.758. The molecule has 0 spiro atoms. The lowest BCUT2D eigenvalue weighted by atomic mass is 9.95. The Morgan fingerprint density at radius 1 is 1.32 bits per heavy atom. The average molecular weight is 545 g/mol. The fourth-order valence-corrected chi connectivity index (χ4v) is 4.61. The molecule has 0 fully saturated rings. The second-order valence-electron chi connectivity index (χ2n) is 7.76. The van der Waals surface area contributed by atoms with Crippen molar-refractivity contribution < 1.29 is 29.6 Å². The molecule has 5 N–H and O–H groups in total. The van der Waals surface area contributed by atoms with Crippen LogP contribution in [-0.4, -0.2) is 71.2 Å². The number of hydrogen-bond acceptors (Lipinski definition) is 11. The number of nitrogens with zero attached hydrogens (tertiary/aromatic N) is 5. The molecule has 0 aliphatic rings. The summed E-state index contributed by atoms with van der Waals surface area (Å²) in [6, 6.07) is 9.24. The number of ether oxygens (including phenoxy) is 2. The molecule has 4 rings (SSSR count). The third kappa shape index (κ3) is 5.12. The summed E-state index contributed by atoms with van der Waals surface area (Å²) >= 11 is 7.13. The molecule has 0 saturated carbocycles. The van der Waals surface area contributed by atoms with E-state index in [0.29, 0.717) is 5.01 Å². The minimum Gasteiger partial charge on any atom is -0.479 e. The molecule has 0 amide bonds. The summed E-state index contributed by atoms with van der Waals surface area (Å²) < 4.78 is 12.0. The van der Waals surface area contributed by atoms with Crippen LogP contribution < -0.4 is 5.73 Å². The summed E-state index contributed by atoms with van der Waals surface area (Å²) in [6.45, 7) is -0.520. The zero-order valence-electron chi connectivity index (χ0n) is 19.2. The highest BCUT2D eigenvalue weighted by molar-refractivity contribution is 7.13. The van der Waals surface area contributed by atoms with Gasteiger partial charge in [0, 0.05) is 18.1 Å². The third-order valence-electron chi connectivity index (χ3n) is 5.53. The molecule has 0 aliphatic heterocycles. The largest absolute Gasteiger partial charge is 0.479 e. The van der Waals surface area contributed by atoms with Gasteiger partial charge in [0.2, 0.25) is 5.28 Å². The van der Waals surface area contributed by atoms with Gasteiger partial charge in [0.05, 0.1) is 18.6 Å². The Bertz CT molecular complexity index is 1460. The molecule has 4 aromatic rings. The molecule has 0 bridgehead atoms. The number of nitrogen functional groups attached to an aromatic ring is 1. The number of aliphatic hydroxyl groups is 2. The maximum Gasteiger partial charge on any atom is 0.339 e. The van der Waals surface area contributed by atoms with Gasteiger partial charge in [-0.1, -0.05) is 36.3 Å². The van der Waals surface area contributed by atoms with Gasteiger partial charge in [0.15, 0.2) is 29.4 Å². The number of aliphatic hydroxyl groups excluding tert-OH is 1. The van der Waals surface area contributed by atoms with Crippen LogP contribution in [0.2, 0.25) is 5.28 Å². The minimum absolute atomic E-state index is 0.00812. The van der Waals surface area contributed by atoms with E-state index >= 15 is 0 Å². The monoisotopic (exact) mass is 544 g/mol. The lowest BCUT2D eigenvalue weighted by molar-refractivity contribution is -0.178. The van der Waals surface area contributed by atoms with E-state index in [1.807, 2.05) is 30.3 Å². The molecule has 14 heteroatoms. The van der Waals surface area contributed by atoms with E-state index in [2.05, 4.69) is 25.9 Å². The Morgan fingerprint density at radius 3 is 2.70 bits per heavy atom. The highest BCUT2D eigenvalue weighted by atomic mass is 35.5. The number of hydrogen-bond donors (Lipinski definition) is 4. The Kier molecular flexibility index (Phi) is 7.69. The van der Waals surface area contributed by atoms with Crippen LogP contribution in [0, 0.1) is 12.3 Å². The molecule has 37 heavy (non-hydrogen) atoms. The topological polar surface area (TPSA) is 179 Å². The van der Waals surface area contributed by atoms with Crippen molar-refractivity contribution in [2.45, 2.75) is 24.0 Å². The van der Waals surface area contributed by atoms with Crippen LogP contribution >= 0.6 is 22.9 Å². The number of nitrogens with two attached hydrogens (primary N) is 1. The van der Waals surface area contributed by atoms with E-state index in [9.17, 15) is 20.1 Å². The number of methoxy groups -OCH3 is 1. The first-order chi connectivity index (χ1) is 17.7. The van der Waals surface area contributed by atoms with E-state index in [1.54, 1.807) is 5.38 Å². The molecule has 3 aromatic heterocycles. The zero-order chi connectivity index (χ0) is 26.7. The highest BCUT2D eigenvalue weighted by Crippen LogP contribution is 2.32. The summed E-state index contributed by atoms with van der Waals surface area (Å²) in [4.78, 5) is 28.2. The normalized spacial score (nSPS) is 15.5. The Labute approximate surface area is 219 Å². The fraction of sp³-hybridized carbons (Fsp3) is 0.261. The molecule has 0 aliphatic carbocycles. The van der Waals surface area contributed by atoms with E-state index < -0.39 is 36.6 Å². The SMILES string of the molecule is C#C[C@@](O)([C@@H](CO[C@H](C(=O)O)c1csc(-c2ccccc2)n1)OC)[C@@H](O)n1cnc2c(N)nc(Cl)nc21. The van der Waals surface area contributed by atoms with E-state index in [0.717, 1.165) is 16.5 Å². The predicted molar refractivity (Wildman–Crippen MR) is 134 cm³/mol. The first kappa shape index (κ1) is 26.4. The Morgan fingerprint density at radius 2 is 2.05 bits per heavy atom. The molecule has 1 aromatic carbocycles. The number of anilines is 1. The number of rotatable bonds is 10. The number of benzene rings is 1. The van der Waals surface area contributed by atoms with E-state index in [1.165, 1.54) is 18.4 Å². The molecule has 4 atom stereocenters. The average Bonchev–Trinajstić information content (AvgIpc) is 3.54. The zero-order valence-corrected chi connectivity index (χ0v) is 20.8. The number of terminal acetylenes is 1. The summed E-state index contributed by atoms with van der Waals surface area (Å²) in [6.07, 6.45) is 1.99. The lowest BCUT2D eigenvalue weighted by Crippen LogP contribution is -2.51. The van der Waals surface area contributed by atoms with Gasteiger partial charge in [0.1, 0.15) is 16.6 Å². The second-order valence-corrected chi connectivity index (χ2v) is 8.96. The van der Waals surface area contributed by atoms with Crippen molar-refractivity contribution >= 4 is 45.9 Å². The number of fused-ring (bicyclic) bond motifs is 1. The molecular weight excluding hydrogens is 524 g/mol. The molecule has 192 valence electrons. The maximum atomic E-state index is 12.0. The molecule has 3 heterocycles. The van der Waals surface area contributed by atoms with Gasteiger partial charge in [0.25, 0.3) is 0 Å². The Hall–Kier alpha value is -3.64. The first-order valence-electron chi connectivity index (χ1n) is 10.6. The number of carboxylic acids is 1. The highest BCUT2D eigenvalue weighted by Gasteiger charge is 2.45. The van der Waals surface area contributed by atoms with Gasteiger partial charge < -0.3 is 30.5 Å². The molecule has 0 radical (unpaired) electrons. The van der Waals surface area contributed by atoms with Crippen molar-refractivity contribution in [2.24, 2.45) is 0 Å². The van der Waals surface area contributed by atoms with Gasteiger partial charge in [-0.2, -0.15) is 9.97 Å². The number of halogens is 1. The Balaban J connectivity index is 1.58. The lowest BCUT2D eigenvalue weighted by Gasteiger charge is -2.35. The van der Waals surface area contributed by atoms with Gasteiger partial charge in [-0.05, 0) is 11.6 Å². The van der Waals surface area contributed by atoms with Crippen LogP contribution in [0.1, 0.15) is 18.0 Å². The van der Waals surface area contributed by atoms with Crippen molar-refractivity contribution in [2.75, 3.05) is 19.5 Å². The van der Waals surface area contributed by atoms with Gasteiger partial charge >= 0.3 is 5.97 Å². The summed E-state index contributed by atoms with van der Waals surface area (Å²) in [7, 11) is 1.22. The quantitative estimate of drug-likeness (QED) is 0.169. The molecular formula is C23H21ClN6O6S. The van der Waals surface area contributed by atoms with E-state index in [4.69, 9.17) is 33.2 Å². The third-order valence-corrected chi connectivity index (χ3v) is 6.61. The van der Waals surface area contributed by atoms with Gasteiger partial charge in [-0.3, -0.25) is 4.57 Å². The smallest absolute Gasteiger partial charge is 0.339 e. The number of carbonyl (C=O) groups is 1. The fourth-order valence-electron chi connectivity index (χ4n) is 3.60. The minimum atomic E-state index is -2.42. The van der Waals surface area contributed by atoms with Crippen molar-refractivity contribution in [3.05, 3.63) is 53.0 Å². The summed E-state index contributed by atoms with van der Waals surface area (Å²) in [5, 5.41) is 34.1.